The second-order valence-electron chi connectivity index (χ2n) is 12.0. The van der Waals surface area contributed by atoms with Crippen molar-refractivity contribution in [3.8, 4) is 34.0 Å². The Labute approximate surface area is 273 Å². The van der Waals surface area contributed by atoms with E-state index in [9.17, 15) is 5.26 Å². The van der Waals surface area contributed by atoms with Gasteiger partial charge in [-0.3, -0.25) is 0 Å². The summed E-state index contributed by atoms with van der Waals surface area (Å²) in [6, 6.07) is 53.6. The highest BCUT2D eigenvalue weighted by Gasteiger charge is 2.20. The van der Waals surface area contributed by atoms with E-state index in [0.29, 0.717) is 5.56 Å². The van der Waals surface area contributed by atoms with Crippen LogP contribution in [0.15, 0.2) is 150 Å². The lowest BCUT2D eigenvalue weighted by molar-refractivity contribution is 0.669. The monoisotopic (exact) mass is 616 g/mol. The van der Waals surface area contributed by atoms with E-state index in [1.54, 1.807) is 0 Å². The molecule has 0 aliphatic heterocycles. The molecule has 3 heterocycles. The Morgan fingerprint density at radius 1 is 0.511 bits per heavy atom. The average molecular weight is 617 g/mol. The fraction of sp³-hybridized carbons (Fsp3) is 0. The van der Waals surface area contributed by atoms with Gasteiger partial charge in [0, 0.05) is 42.6 Å². The van der Waals surface area contributed by atoms with Gasteiger partial charge in [0.05, 0.1) is 33.1 Å². The lowest BCUT2D eigenvalue weighted by Crippen LogP contribution is -1.94. The van der Waals surface area contributed by atoms with E-state index in [1.807, 2.05) is 35.6 Å². The molecule has 0 spiro atoms. The number of fused-ring (bicyclic) bond motifs is 9. The van der Waals surface area contributed by atoms with Crippen LogP contribution in [0.1, 0.15) is 5.56 Å². The SMILES string of the molecule is N#Cc1ccc2c3ccccc3n(-c3cccc4c3sc3c(-c5ccccc5)cc(-c5cccc6oc7ccccc7c56)cc34)c2c1. The number of furan rings is 1. The summed E-state index contributed by atoms with van der Waals surface area (Å²) in [5.41, 5.74) is 10.5. The molecular formula is C43H24N2OS. The summed E-state index contributed by atoms with van der Waals surface area (Å²) in [6.45, 7) is 0. The molecule has 0 aliphatic carbocycles. The van der Waals surface area contributed by atoms with E-state index in [-0.39, 0.29) is 0 Å². The molecule has 47 heavy (non-hydrogen) atoms. The molecule has 0 saturated heterocycles. The third-order valence-electron chi connectivity index (χ3n) is 9.42. The first-order chi connectivity index (χ1) is 23.3. The predicted octanol–water partition coefficient (Wildman–Crippen LogP) is 12.3. The minimum atomic E-state index is 0.655. The average Bonchev–Trinajstić information content (AvgIpc) is 3.81. The summed E-state index contributed by atoms with van der Waals surface area (Å²) in [6.07, 6.45) is 0. The lowest BCUT2D eigenvalue weighted by Gasteiger charge is -2.10. The molecule has 0 aliphatic rings. The summed E-state index contributed by atoms with van der Waals surface area (Å²) in [5.74, 6) is 0. The summed E-state index contributed by atoms with van der Waals surface area (Å²) >= 11 is 1.84. The molecule has 10 rings (SSSR count). The van der Waals surface area contributed by atoms with Gasteiger partial charge in [0.15, 0.2) is 0 Å². The van der Waals surface area contributed by atoms with Crippen LogP contribution in [0, 0.1) is 11.3 Å². The van der Waals surface area contributed by atoms with Gasteiger partial charge in [-0.05, 0) is 65.2 Å². The molecule has 0 unspecified atom stereocenters. The number of para-hydroxylation sites is 2. The summed E-state index contributed by atoms with van der Waals surface area (Å²) in [7, 11) is 0. The molecule has 0 radical (unpaired) electrons. The quantitative estimate of drug-likeness (QED) is 0.198. The molecule has 4 heteroatoms. The van der Waals surface area contributed by atoms with Gasteiger partial charge >= 0.3 is 0 Å². The number of nitrogens with zero attached hydrogens (tertiary/aromatic N) is 2. The normalized spacial score (nSPS) is 11.8. The van der Waals surface area contributed by atoms with E-state index < -0.39 is 0 Å². The van der Waals surface area contributed by atoms with Crippen LogP contribution in [0.2, 0.25) is 0 Å². The molecule has 218 valence electrons. The van der Waals surface area contributed by atoms with Crippen LogP contribution in [0.25, 0.3) is 91.9 Å². The second kappa shape index (κ2) is 9.92. The maximum Gasteiger partial charge on any atom is 0.136 e. The Kier molecular flexibility index (Phi) is 5.51. The minimum absolute atomic E-state index is 0.655. The van der Waals surface area contributed by atoms with Crippen molar-refractivity contribution in [1.82, 2.24) is 4.57 Å². The Morgan fingerprint density at radius 2 is 1.26 bits per heavy atom. The zero-order valence-electron chi connectivity index (χ0n) is 25.1. The first-order valence-corrected chi connectivity index (χ1v) is 16.5. The first-order valence-electron chi connectivity index (χ1n) is 15.7. The number of thiophene rings is 1. The van der Waals surface area contributed by atoms with Crippen molar-refractivity contribution in [3.63, 3.8) is 0 Å². The highest BCUT2D eigenvalue weighted by Crippen LogP contribution is 2.47. The molecule has 0 amide bonds. The van der Waals surface area contributed by atoms with Gasteiger partial charge < -0.3 is 8.98 Å². The Morgan fingerprint density at radius 3 is 2.15 bits per heavy atom. The van der Waals surface area contributed by atoms with E-state index >= 15 is 0 Å². The van der Waals surface area contributed by atoms with Gasteiger partial charge in [0.2, 0.25) is 0 Å². The largest absolute Gasteiger partial charge is 0.456 e. The van der Waals surface area contributed by atoms with Crippen molar-refractivity contribution in [2.24, 2.45) is 0 Å². The number of hydrogen-bond acceptors (Lipinski definition) is 3. The third kappa shape index (κ3) is 3.78. The van der Waals surface area contributed by atoms with Gasteiger partial charge in [0.25, 0.3) is 0 Å². The fourth-order valence-corrected chi connectivity index (χ4v) is 8.69. The minimum Gasteiger partial charge on any atom is -0.456 e. The topological polar surface area (TPSA) is 41.9 Å². The Hall–Kier alpha value is -6.15. The smallest absolute Gasteiger partial charge is 0.136 e. The van der Waals surface area contributed by atoms with E-state index in [1.165, 1.54) is 36.7 Å². The van der Waals surface area contributed by atoms with Crippen molar-refractivity contribution in [1.29, 1.82) is 5.26 Å². The molecule has 3 nitrogen and oxygen atoms in total. The maximum atomic E-state index is 9.81. The van der Waals surface area contributed by atoms with E-state index in [4.69, 9.17) is 4.42 Å². The zero-order chi connectivity index (χ0) is 31.1. The molecule has 0 bridgehead atoms. The van der Waals surface area contributed by atoms with Crippen LogP contribution in [0.4, 0.5) is 0 Å². The third-order valence-corrected chi connectivity index (χ3v) is 10.7. The van der Waals surface area contributed by atoms with Crippen molar-refractivity contribution in [2.45, 2.75) is 0 Å². The highest BCUT2D eigenvalue weighted by atomic mass is 32.1. The molecule has 0 fully saturated rings. The van der Waals surface area contributed by atoms with Crippen LogP contribution < -0.4 is 0 Å². The van der Waals surface area contributed by atoms with Crippen molar-refractivity contribution in [3.05, 3.63) is 151 Å². The van der Waals surface area contributed by atoms with Gasteiger partial charge in [-0.2, -0.15) is 5.26 Å². The van der Waals surface area contributed by atoms with Crippen LogP contribution in [-0.4, -0.2) is 4.57 Å². The van der Waals surface area contributed by atoms with Gasteiger partial charge in [-0.25, -0.2) is 0 Å². The summed E-state index contributed by atoms with van der Waals surface area (Å²) in [5, 5.41) is 16.8. The predicted molar refractivity (Wildman–Crippen MR) is 197 cm³/mol. The fourth-order valence-electron chi connectivity index (χ4n) is 7.36. The molecule has 0 N–H and O–H groups in total. The van der Waals surface area contributed by atoms with E-state index in [2.05, 4.69) is 132 Å². The summed E-state index contributed by atoms with van der Waals surface area (Å²) < 4.78 is 11.1. The Bertz CT molecular complexity index is 2920. The van der Waals surface area contributed by atoms with Gasteiger partial charge in [-0.1, -0.05) is 97.1 Å². The molecule has 3 aromatic heterocycles. The summed E-state index contributed by atoms with van der Waals surface area (Å²) in [4.78, 5) is 0. The Balaban J connectivity index is 1.32. The standard InChI is InChI=1S/C43H24N2OS/c44-25-26-20-21-31-30-12-4-6-16-36(30)45(38(31)22-26)37-17-8-15-32-35-24-28(23-34(42(35)47-43(32)37)27-10-2-1-3-11-27)29-14-9-19-40-41(29)33-13-5-7-18-39(33)46-40/h1-24H. The molecule has 7 aromatic carbocycles. The van der Waals surface area contributed by atoms with Crippen LogP contribution >= 0.6 is 11.3 Å². The molecular weight excluding hydrogens is 593 g/mol. The zero-order valence-corrected chi connectivity index (χ0v) is 25.9. The van der Waals surface area contributed by atoms with Crippen LogP contribution in [0.5, 0.6) is 0 Å². The van der Waals surface area contributed by atoms with Crippen molar-refractivity contribution in [2.75, 3.05) is 0 Å². The van der Waals surface area contributed by atoms with Crippen LogP contribution in [0.3, 0.4) is 0 Å². The molecule has 10 aromatic rings. The molecule has 0 atom stereocenters. The van der Waals surface area contributed by atoms with Gasteiger partial charge in [0.1, 0.15) is 11.2 Å². The highest BCUT2D eigenvalue weighted by molar-refractivity contribution is 7.26. The number of aromatic nitrogens is 1. The number of nitriles is 1. The second-order valence-corrected chi connectivity index (χ2v) is 13.0. The maximum absolute atomic E-state index is 9.81. The van der Waals surface area contributed by atoms with Crippen molar-refractivity contribution < 1.29 is 4.42 Å². The number of hydrogen-bond donors (Lipinski definition) is 0. The van der Waals surface area contributed by atoms with E-state index in [0.717, 1.165) is 55.2 Å². The first kappa shape index (κ1) is 26.1. The molecule has 0 saturated carbocycles. The lowest BCUT2D eigenvalue weighted by atomic mass is 9.93. The number of rotatable bonds is 3. The van der Waals surface area contributed by atoms with Crippen LogP contribution in [-0.2, 0) is 0 Å². The number of benzene rings is 7. The van der Waals surface area contributed by atoms with Gasteiger partial charge in [-0.15, -0.1) is 11.3 Å². The van der Waals surface area contributed by atoms with Crippen molar-refractivity contribution >= 4 is 75.3 Å².